The smallest absolute Gasteiger partial charge is 0.246 e. The molecule has 1 aromatic carbocycles. The van der Waals surface area contributed by atoms with Gasteiger partial charge in [0.15, 0.2) is 0 Å². The first-order valence-corrected chi connectivity index (χ1v) is 7.66. The van der Waals surface area contributed by atoms with Crippen LogP contribution in [0.15, 0.2) is 30.3 Å². The molecule has 4 nitrogen and oxygen atoms in total. The second-order valence-electron chi connectivity index (χ2n) is 5.62. The zero-order valence-corrected chi connectivity index (χ0v) is 13.0. The first kappa shape index (κ1) is 15.6. The SMILES string of the molecule is CCC(C)N1CCN(C(=O)/C=C/c2cccc(N)c2)CC1. The standard InChI is InChI=1S/C17H25N3O/c1-3-14(2)19-9-11-20(12-10-19)17(21)8-7-15-5-4-6-16(18)13-15/h4-8,13-14H,3,9-12,18H2,1-2H3/b8-7+. The highest BCUT2D eigenvalue weighted by Gasteiger charge is 2.21. The van der Waals surface area contributed by atoms with Gasteiger partial charge in [0.1, 0.15) is 0 Å². The van der Waals surface area contributed by atoms with Gasteiger partial charge >= 0.3 is 0 Å². The second-order valence-corrected chi connectivity index (χ2v) is 5.62. The number of carbonyl (C=O) groups excluding carboxylic acids is 1. The fourth-order valence-corrected chi connectivity index (χ4v) is 2.58. The predicted molar refractivity (Wildman–Crippen MR) is 87.8 cm³/mol. The molecule has 0 aliphatic carbocycles. The van der Waals surface area contributed by atoms with E-state index in [-0.39, 0.29) is 5.91 Å². The zero-order valence-electron chi connectivity index (χ0n) is 13.0. The average Bonchev–Trinajstić information content (AvgIpc) is 2.52. The van der Waals surface area contributed by atoms with Gasteiger partial charge in [0.25, 0.3) is 0 Å². The summed E-state index contributed by atoms with van der Waals surface area (Å²) < 4.78 is 0. The van der Waals surface area contributed by atoms with Crippen LogP contribution in [-0.4, -0.2) is 47.9 Å². The predicted octanol–water partition coefficient (Wildman–Crippen LogP) is 2.22. The maximum Gasteiger partial charge on any atom is 0.246 e. The van der Waals surface area contributed by atoms with E-state index in [1.807, 2.05) is 35.2 Å². The van der Waals surface area contributed by atoms with Gasteiger partial charge in [-0.25, -0.2) is 0 Å². The number of anilines is 1. The molecule has 1 heterocycles. The third kappa shape index (κ3) is 4.33. The molecule has 0 saturated carbocycles. The van der Waals surface area contributed by atoms with Gasteiger partial charge in [-0.05, 0) is 37.1 Å². The molecule has 1 amide bonds. The van der Waals surface area contributed by atoms with E-state index in [2.05, 4.69) is 18.7 Å². The largest absolute Gasteiger partial charge is 0.399 e. The molecule has 1 atom stereocenters. The minimum Gasteiger partial charge on any atom is -0.399 e. The summed E-state index contributed by atoms with van der Waals surface area (Å²) in [4.78, 5) is 16.6. The second kappa shape index (κ2) is 7.27. The van der Waals surface area contributed by atoms with Gasteiger partial charge in [-0.15, -0.1) is 0 Å². The summed E-state index contributed by atoms with van der Waals surface area (Å²) in [6.07, 6.45) is 4.64. The fraction of sp³-hybridized carbons (Fsp3) is 0.471. The molecule has 1 aliphatic heterocycles. The summed E-state index contributed by atoms with van der Waals surface area (Å²) >= 11 is 0. The summed E-state index contributed by atoms with van der Waals surface area (Å²) in [6, 6.07) is 8.15. The third-order valence-corrected chi connectivity index (χ3v) is 4.17. The number of hydrogen-bond donors (Lipinski definition) is 1. The highest BCUT2D eigenvalue weighted by atomic mass is 16.2. The first-order valence-electron chi connectivity index (χ1n) is 7.66. The molecule has 1 aromatic rings. The van der Waals surface area contributed by atoms with Gasteiger partial charge in [-0.1, -0.05) is 19.1 Å². The molecule has 1 fully saturated rings. The Kier molecular flexibility index (Phi) is 5.39. The lowest BCUT2D eigenvalue weighted by atomic mass is 10.1. The Morgan fingerprint density at radius 1 is 1.33 bits per heavy atom. The van der Waals surface area contributed by atoms with E-state index >= 15 is 0 Å². The van der Waals surface area contributed by atoms with Crippen LogP contribution in [0.1, 0.15) is 25.8 Å². The maximum absolute atomic E-state index is 12.2. The molecule has 2 rings (SSSR count). The van der Waals surface area contributed by atoms with Crippen LogP contribution >= 0.6 is 0 Å². The van der Waals surface area contributed by atoms with Crippen molar-refractivity contribution < 1.29 is 4.79 Å². The Morgan fingerprint density at radius 2 is 2.05 bits per heavy atom. The molecule has 1 unspecified atom stereocenters. The number of piperazine rings is 1. The summed E-state index contributed by atoms with van der Waals surface area (Å²) in [5.41, 5.74) is 7.40. The summed E-state index contributed by atoms with van der Waals surface area (Å²) in [5, 5.41) is 0. The Hall–Kier alpha value is -1.81. The van der Waals surface area contributed by atoms with Crippen molar-refractivity contribution >= 4 is 17.7 Å². The molecule has 2 N–H and O–H groups in total. The monoisotopic (exact) mass is 287 g/mol. The number of nitrogens with two attached hydrogens (primary N) is 1. The Bertz CT molecular complexity index is 505. The molecule has 21 heavy (non-hydrogen) atoms. The van der Waals surface area contributed by atoms with Crippen molar-refractivity contribution in [2.24, 2.45) is 0 Å². The van der Waals surface area contributed by atoms with Gasteiger partial charge in [-0.3, -0.25) is 9.69 Å². The third-order valence-electron chi connectivity index (χ3n) is 4.17. The molecule has 114 valence electrons. The van der Waals surface area contributed by atoms with Crippen molar-refractivity contribution in [2.75, 3.05) is 31.9 Å². The fourth-order valence-electron chi connectivity index (χ4n) is 2.58. The van der Waals surface area contributed by atoms with Crippen molar-refractivity contribution in [1.29, 1.82) is 0 Å². The van der Waals surface area contributed by atoms with Crippen molar-refractivity contribution in [2.45, 2.75) is 26.3 Å². The average molecular weight is 287 g/mol. The highest BCUT2D eigenvalue weighted by Crippen LogP contribution is 2.11. The summed E-state index contributed by atoms with van der Waals surface area (Å²) in [6.45, 7) is 8.00. The maximum atomic E-state index is 12.2. The number of carbonyl (C=O) groups is 1. The Labute approximate surface area is 127 Å². The molecular formula is C17H25N3O. The molecule has 0 radical (unpaired) electrons. The number of hydrogen-bond acceptors (Lipinski definition) is 3. The molecule has 1 saturated heterocycles. The normalized spacial score (nSPS) is 18.1. The van der Waals surface area contributed by atoms with Crippen molar-refractivity contribution in [1.82, 2.24) is 9.80 Å². The number of nitrogen functional groups attached to an aromatic ring is 1. The van der Waals surface area contributed by atoms with E-state index < -0.39 is 0 Å². The lowest BCUT2D eigenvalue weighted by Gasteiger charge is -2.37. The number of rotatable bonds is 4. The molecular weight excluding hydrogens is 262 g/mol. The zero-order chi connectivity index (χ0) is 15.2. The molecule has 4 heteroatoms. The number of amides is 1. The lowest BCUT2D eigenvalue weighted by Crippen LogP contribution is -2.50. The van der Waals surface area contributed by atoms with E-state index in [1.165, 1.54) is 0 Å². The Morgan fingerprint density at radius 3 is 2.67 bits per heavy atom. The summed E-state index contributed by atoms with van der Waals surface area (Å²) in [5.74, 6) is 0.0845. The van der Waals surface area contributed by atoms with Crippen LogP contribution in [0.4, 0.5) is 5.69 Å². The topological polar surface area (TPSA) is 49.6 Å². The van der Waals surface area contributed by atoms with Gasteiger partial charge < -0.3 is 10.6 Å². The number of nitrogens with zero attached hydrogens (tertiary/aromatic N) is 2. The van der Waals surface area contributed by atoms with Crippen molar-refractivity contribution in [3.05, 3.63) is 35.9 Å². The van der Waals surface area contributed by atoms with E-state index in [9.17, 15) is 4.79 Å². The van der Waals surface area contributed by atoms with Gasteiger partial charge in [0.2, 0.25) is 5.91 Å². The van der Waals surface area contributed by atoms with Gasteiger partial charge in [0.05, 0.1) is 0 Å². The van der Waals surface area contributed by atoms with Crippen LogP contribution in [0.2, 0.25) is 0 Å². The van der Waals surface area contributed by atoms with Crippen LogP contribution in [-0.2, 0) is 4.79 Å². The van der Waals surface area contributed by atoms with E-state index in [4.69, 9.17) is 5.73 Å². The van der Waals surface area contributed by atoms with Crippen LogP contribution in [0.25, 0.3) is 6.08 Å². The molecule has 1 aliphatic rings. The molecule has 0 aromatic heterocycles. The summed E-state index contributed by atoms with van der Waals surface area (Å²) in [7, 11) is 0. The van der Waals surface area contributed by atoms with Gasteiger partial charge in [0, 0.05) is 44.0 Å². The van der Waals surface area contributed by atoms with Crippen LogP contribution in [0.5, 0.6) is 0 Å². The van der Waals surface area contributed by atoms with E-state index in [0.717, 1.165) is 38.2 Å². The Balaban J connectivity index is 1.87. The number of benzene rings is 1. The van der Waals surface area contributed by atoms with E-state index in [1.54, 1.807) is 6.08 Å². The van der Waals surface area contributed by atoms with E-state index in [0.29, 0.717) is 11.7 Å². The van der Waals surface area contributed by atoms with Gasteiger partial charge in [-0.2, -0.15) is 0 Å². The van der Waals surface area contributed by atoms with Crippen LogP contribution in [0.3, 0.4) is 0 Å². The van der Waals surface area contributed by atoms with Crippen molar-refractivity contribution in [3.8, 4) is 0 Å². The molecule has 0 spiro atoms. The van der Waals surface area contributed by atoms with Crippen LogP contribution < -0.4 is 5.73 Å². The van der Waals surface area contributed by atoms with Crippen molar-refractivity contribution in [3.63, 3.8) is 0 Å². The van der Waals surface area contributed by atoms with Crippen LogP contribution in [0, 0.1) is 0 Å². The highest BCUT2D eigenvalue weighted by molar-refractivity contribution is 5.92. The minimum absolute atomic E-state index is 0.0845. The quantitative estimate of drug-likeness (QED) is 0.682. The first-order chi connectivity index (χ1) is 10.1. The molecule has 0 bridgehead atoms. The lowest BCUT2D eigenvalue weighted by molar-refractivity contribution is -0.127. The minimum atomic E-state index is 0.0845.